The van der Waals surface area contributed by atoms with Crippen molar-refractivity contribution in [2.75, 3.05) is 13.1 Å². The molecule has 21 heavy (non-hydrogen) atoms. The topological polar surface area (TPSA) is 69.6 Å². The molecule has 0 bridgehead atoms. The van der Waals surface area contributed by atoms with E-state index in [1.807, 2.05) is 0 Å². The quantitative estimate of drug-likeness (QED) is 0.855. The number of carboxylic acid groups (broad SMARTS) is 1. The van der Waals surface area contributed by atoms with E-state index in [9.17, 15) is 18.4 Å². The highest BCUT2D eigenvalue weighted by molar-refractivity contribution is 5.80. The molecule has 1 aliphatic heterocycles. The van der Waals surface area contributed by atoms with Gasteiger partial charge in [0.05, 0.1) is 6.54 Å². The van der Waals surface area contributed by atoms with Crippen LogP contribution in [0, 0.1) is 11.6 Å². The average molecular weight is 298 g/mol. The summed E-state index contributed by atoms with van der Waals surface area (Å²) in [6.45, 7) is 0.521. The first-order valence-corrected chi connectivity index (χ1v) is 6.64. The van der Waals surface area contributed by atoms with Crippen LogP contribution in [0.4, 0.5) is 8.78 Å². The summed E-state index contributed by atoms with van der Waals surface area (Å²) >= 11 is 0. The smallest absolute Gasteiger partial charge is 0.320 e. The molecule has 0 aromatic heterocycles. The minimum absolute atomic E-state index is 0.000901. The SMILES string of the molecule is O=C(CN1CCC[C@H]1C(=O)O)NCc1cc(F)cc(F)c1. The predicted octanol–water partition coefficient (Wildman–Crippen LogP) is 1.13. The summed E-state index contributed by atoms with van der Waals surface area (Å²) in [6.07, 6.45) is 1.26. The molecule has 2 rings (SSSR count). The fourth-order valence-electron chi connectivity index (χ4n) is 2.45. The number of benzene rings is 1. The van der Waals surface area contributed by atoms with Gasteiger partial charge in [-0.1, -0.05) is 0 Å². The van der Waals surface area contributed by atoms with Gasteiger partial charge in [0.15, 0.2) is 0 Å². The largest absolute Gasteiger partial charge is 0.480 e. The average Bonchev–Trinajstić information content (AvgIpc) is 2.83. The normalized spacial score (nSPS) is 18.7. The van der Waals surface area contributed by atoms with Gasteiger partial charge < -0.3 is 10.4 Å². The maximum atomic E-state index is 13.0. The van der Waals surface area contributed by atoms with E-state index in [0.717, 1.165) is 24.6 Å². The Morgan fingerprint density at radius 2 is 1.95 bits per heavy atom. The van der Waals surface area contributed by atoms with Crippen LogP contribution < -0.4 is 5.32 Å². The third-order valence-corrected chi connectivity index (χ3v) is 3.41. The number of likely N-dealkylation sites (tertiary alicyclic amines) is 1. The third-order valence-electron chi connectivity index (χ3n) is 3.41. The van der Waals surface area contributed by atoms with Gasteiger partial charge in [0.2, 0.25) is 5.91 Å². The fourth-order valence-corrected chi connectivity index (χ4v) is 2.45. The van der Waals surface area contributed by atoms with Crippen LogP contribution in [0.3, 0.4) is 0 Å². The zero-order valence-electron chi connectivity index (χ0n) is 11.3. The lowest BCUT2D eigenvalue weighted by Gasteiger charge is -2.20. The number of nitrogens with zero attached hydrogens (tertiary/aromatic N) is 1. The van der Waals surface area contributed by atoms with E-state index < -0.39 is 23.6 Å². The number of amides is 1. The van der Waals surface area contributed by atoms with Crippen LogP contribution in [0.5, 0.6) is 0 Å². The highest BCUT2D eigenvalue weighted by Gasteiger charge is 2.31. The molecule has 0 aliphatic carbocycles. The number of halogens is 2. The van der Waals surface area contributed by atoms with Gasteiger partial charge in [0, 0.05) is 12.6 Å². The maximum absolute atomic E-state index is 13.0. The predicted molar refractivity (Wildman–Crippen MR) is 70.4 cm³/mol. The molecule has 0 spiro atoms. The summed E-state index contributed by atoms with van der Waals surface area (Å²) in [5, 5.41) is 11.5. The summed E-state index contributed by atoms with van der Waals surface area (Å²) in [6, 6.07) is 2.40. The zero-order chi connectivity index (χ0) is 15.4. The second kappa shape index (κ2) is 6.62. The zero-order valence-corrected chi connectivity index (χ0v) is 11.3. The Labute approximate surface area is 120 Å². The summed E-state index contributed by atoms with van der Waals surface area (Å²) in [4.78, 5) is 24.4. The molecule has 0 unspecified atom stereocenters. The molecule has 5 nitrogen and oxygen atoms in total. The minimum atomic E-state index is -0.937. The van der Waals surface area contributed by atoms with Crippen molar-refractivity contribution < 1.29 is 23.5 Å². The first-order valence-electron chi connectivity index (χ1n) is 6.64. The molecule has 1 saturated heterocycles. The first kappa shape index (κ1) is 15.4. The van der Waals surface area contributed by atoms with E-state index in [1.54, 1.807) is 4.90 Å². The van der Waals surface area contributed by atoms with Crippen molar-refractivity contribution >= 4 is 11.9 Å². The number of hydrogen-bond donors (Lipinski definition) is 2. The van der Waals surface area contributed by atoms with Crippen LogP contribution in [-0.4, -0.2) is 41.0 Å². The van der Waals surface area contributed by atoms with Crippen molar-refractivity contribution in [3.63, 3.8) is 0 Å². The van der Waals surface area contributed by atoms with E-state index in [0.29, 0.717) is 18.5 Å². The molecule has 1 aromatic rings. The van der Waals surface area contributed by atoms with E-state index in [2.05, 4.69) is 5.32 Å². The minimum Gasteiger partial charge on any atom is -0.480 e. The molecule has 0 radical (unpaired) electrons. The lowest BCUT2D eigenvalue weighted by Crippen LogP contribution is -2.42. The van der Waals surface area contributed by atoms with Crippen LogP contribution >= 0.6 is 0 Å². The molecular formula is C14H16F2N2O3. The van der Waals surface area contributed by atoms with Crippen molar-refractivity contribution in [3.8, 4) is 0 Å². The highest BCUT2D eigenvalue weighted by atomic mass is 19.1. The Bertz CT molecular complexity index is 531. The molecule has 7 heteroatoms. The Hall–Kier alpha value is -2.02. The van der Waals surface area contributed by atoms with Gasteiger partial charge in [0.1, 0.15) is 17.7 Å². The van der Waals surface area contributed by atoms with Gasteiger partial charge in [-0.15, -0.1) is 0 Å². The standard InChI is InChI=1S/C14H16F2N2O3/c15-10-4-9(5-11(16)6-10)7-17-13(19)8-18-3-1-2-12(18)14(20)21/h4-6,12H,1-3,7-8H2,(H,17,19)(H,20,21)/t12-/m0/s1. The number of carboxylic acids is 1. The number of aliphatic carboxylic acids is 1. The second-order valence-electron chi connectivity index (χ2n) is 5.02. The van der Waals surface area contributed by atoms with E-state index in [4.69, 9.17) is 5.11 Å². The molecule has 114 valence electrons. The van der Waals surface area contributed by atoms with Crippen molar-refractivity contribution in [2.45, 2.75) is 25.4 Å². The van der Waals surface area contributed by atoms with Crippen LogP contribution in [0.2, 0.25) is 0 Å². The van der Waals surface area contributed by atoms with Gasteiger partial charge in [-0.05, 0) is 37.1 Å². The van der Waals surface area contributed by atoms with Crippen molar-refractivity contribution in [3.05, 3.63) is 35.4 Å². The van der Waals surface area contributed by atoms with Crippen LogP contribution in [-0.2, 0) is 16.1 Å². The van der Waals surface area contributed by atoms with Crippen LogP contribution in [0.25, 0.3) is 0 Å². The van der Waals surface area contributed by atoms with Gasteiger partial charge in [0.25, 0.3) is 0 Å². The Balaban J connectivity index is 1.86. The highest BCUT2D eigenvalue weighted by Crippen LogP contribution is 2.16. The Morgan fingerprint density at radius 1 is 1.29 bits per heavy atom. The second-order valence-corrected chi connectivity index (χ2v) is 5.02. The Morgan fingerprint density at radius 3 is 2.57 bits per heavy atom. The van der Waals surface area contributed by atoms with E-state index >= 15 is 0 Å². The van der Waals surface area contributed by atoms with E-state index in [-0.39, 0.29) is 19.0 Å². The molecular weight excluding hydrogens is 282 g/mol. The summed E-state index contributed by atoms with van der Waals surface area (Å²) in [5.74, 6) is -2.71. The lowest BCUT2D eigenvalue weighted by molar-refractivity contribution is -0.142. The van der Waals surface area contributed by atoms with Crippen molar-refractivity contribution in [1.82, 2.24) is 10.2 Å². The number of hydrogen-bond acceptors (Lipinski definition) is 3. The fraction of sp³-hybridized carbons (Fsp3) is 0.429. The summed E-state index contributed by atoms with van der Waals surface area (Å²) in [5.41, 5.74) is 0.317. The third kappa shape index (κ3) is 4.22. The maximum Gasteiger partial charge on any atom is 0.320 e. The van der Waals surface area contributed by atoms with Gasteiger partial charge in [-0.25, -0.2) is 8.78 Å². The molecule has 1 atom stereocenters. The van der Waals surface area contributed by atoms with Gasteiger partial charge in [-0.2, -0.15) is 0 Å². The number of nitrogens with one attached hydrogen (secondary N) is 1. The molecule has 1 fully saturated rings. The summed E-state index contributed by atoms with van der Waals surface area (Å²) in [7, 11) is 0. The molecule has 2 N–H and O–H groups in total. The number of rotatable bonds is 5. The van der Waals surface area contributed by atoms with Crippen molar-refractivity contribution in [1.29, 1.82) is 0 Å². The molecule has 1 aromatic carbocycles. The summed E-state index contributed by atoms with van der Waals surface area (Å²) < 4.78 is 26.0. The molecule has 1 heterocycles. The first-order chi connectivity index (χ1) is 9.95. The molecule has 0 saturated carbocycles. The molecule has 1 aliphatic rings. The monoisotopic (exact) mass is 298 g/mol. The van der Waals surface area contributed by atoms with Crippen molar-refractivity contribution in [2.24, 2.45) is 0 Å². The Kier molecular flexibility index (Phi) is 4.85. The van der Waals surface area contributed by atoms with Gasteiger partial charge >= 0.3 is 5.97 Å². The van der Waals surface area contributed by atoms with Gasteiger partial charge in [-0.3, -0.25) is 14.5 Å². The molecule has 1 amide bonds. The van der Waals surface area contributed by atoms with Crippen LogP contribution in [0.1, 0.15) is 18.4 Å². The number of carbonyl (C=O) groups is 2. The van der Waals surface area contributed by atoms with E-state index in [1.165, 1.54) is 0 Å². The van der Waals surface area contributed by atoms with Crippen LogP contribution in [0.15, 0.2) is 18.2 Å². The number of carbonyl (C=O) groups excluding carboxylic acids is 1. The lowest BCUT2D eigenvalue weighted by atomic mass is 10.2.